The van der Waals surface area contributed by atoms with Crippen LogP contribution < -0.4 is 31.1 Å². The first kappa shape index (κ1) is 25.9. The van der Waals surface area contributed by atoms with Crippen molar-refractivity contribution in [2.24, 2.45) is 4.99 Å². The Labute approximate surface area is 216 Å². The Morgan fingerprint density at radius 3 is 2.50 bits per heavy atom. The van der Waals surface area contributed by atoms with Gasteiger partial charge in [-0.2, -0.15) is 0 Å². The van der Waals surface area contributed by atoms with Gasteiger partial charge in [-0.3, -0.25) is 14.6 Å². The Morgan fingerprint density at radius 1 is 1.08 bits per heavy atom. The molecule has 1 saturated heterocycles. The number of fused-ring (bicyclic) bond motifs is 3. The van der Waals surface area contributed by atoms with Crippen molar-refractivity contribution in [1.29, 1.82) is 0 Å². The second-order valence-electron chi connectivity index (χ2n) is 9.00. The van der Waals surface area contributed by atoms with Crippen LogP contribution in [-0.4, -0.2) is 56.1 Å². The number of anilines is 1. The van der Waals surface area contributed by atoms with Crippen LogP contribution in [0, 0.1) is 0 Å². The maximum Gasteiger partial charge on any atom is 0.222 e. The number of amides is 2. The first-order valence-electron chi connectivity index (χ1n) is 12.2. The van der Waals surface area contributed by atoms with E-state index >= 15 is 0 Å². The number of rotatable bonds is 9. The number of methoxy groups -OCH3 is 1. The van der Waals surface area contributed by atoms with E-state index in [1.54, 1.807) is 7.11 Å². The summed E-state index contributed by atoms with van der Waals surface area (Å²) in [6, 6.07) is 13.2. The zero-order valence-electron chi connectivity index (χ0n) is 20.8. The molecule has 2 heterocycles. The van der Waals surface area contributed by atoms with Crippen LogP contribution in [0.1, 0.15) is 44.2 Å². The minimum atomic E-state index is -0.356. The van der Waals surface area contributed by atoms with Gasteiger partial charge in [-0.15, -0.1) is 0 Å². The standard InChI is InChI=1S/C26H33ClN6O3/c1-16-31-32-26-22(15-24(35)29-13-5-4-12-28-17(2)34)30-25(18-6-8-19(27)9-7-18)21-14-20(36-3)10-11-23(21)33(16)26/h6-11,14,16,22,26,31-32H,4-5,12-13,15H2,1-3H3,(H,28,34)(H,29,35). The molecule has 0 aliphatic carbocycles. The smallest absolute Gasteiger partial charge is 0.222 e. The second-order valence-corrected chi connectivity index (χ2v) is 9.43. The molecule has 0 aromatic heterocycles. The Morgan fingerprint density at radius 2 is 1.81 bits per heavy atom. The molecule has 2 amide bonds. The molecule has 0 saturated carbocycles. The van der Waals surface area contributed by atoms with E-state index in [1.165, 1.54) is 6.92 Å². The molecule has 10 heteroatoms. The highest BCUT2D eigenvalue weighted by Crippen LogP contribution is 2.36. The van der Waals surface area contributed by atoms with Crippen molar-refractivity contribution >= 4 is 34.8 Å². The van der Waals surface area contributed by atoms with Crippen LogP contribution in [0.25, 0.3) is 0 Å². The molecule has 36 heavy (non-hydrogen) atoms. The third-order valence-corrected chi connectivity index (χ3v) is 6.62. The summed E-state index contributed by atoms with van der Waals surface area (Å²) in [5.41, 5.74) is 10.3. The van der Waals surface area contributed by atoms with E-state index < -0.39 is 0 Å². The molecule has 9 nitrogen and oxygen atoms in total. The molecule has 2 aliphatic heterocycles. The Kier molecular flexibility index (Phi) is 8.45. The van der Waals surface area contributed by atoms with E-state index in [0.717, 1.165) is 41.1 Å². The average Bonchev–Trinajstić information content (AvgIpc) is 3.18. The molecule has 4 rings (SSSR count). The van der Waals surface area contributed by atoms with E-state index in [4.69, 9.17) is 21.3 Å². The van der Waals surface area contributed by atoms with E-state index in [-0.39, 0.29) is 36.6 Å². The Bertz CT molecular complexity index is 1120. The Balaban J connectivity index is 1.60. The maximum atomic E-state index is 12.9. The van der Waals surface area contributed by atoms with Gasteiger partial charge in [0.05, 0.1) is 31.4 Å². The monoisotopic (exact) mass is 512 g/mol. The Hall–Kier alpha value is -3.14. The number of halogens is 1. The quantitative estimate of drug-likeness (QED) is 0.385. The number of carbonyl (C=O) groups is 2. The first-order valence-corrected chi connectivity index (χ1v) is 12.6. The van der Waals surface area contributed by atoms with Crippen LogP contribution in [0.3, 0.4) is 0 Å². The number of nitrogens with zero attached hydrogens (tertiary/aromatic N) is 2. The molecular formula is C26H33ClN6O3. The summed E-state index contributed by atoms with van der Waals surface area (Å²) in [5, 5.41) is 6.42. The summed E-state index contributed by atoms with van der Waals surface area (Å²) in [6.45, 7) is 4.72. The van der Waals surface area contributed by atoms with Gasteiger partial charge in [0.2, 0.25) is 11.8 Å². The molecule has 2 aromatic rings. The highest BCUT2D eigenvalue weighted by molar-refractivity contribution is 6.30. The minimum absolute atomic E-state index is 0.0127. The van der Waals surface area contributed by atoms with E-state index in [2.05, 4.69) is 33.3 Å². The zero-order valence-corrected chi connectivity index (χ0v) is 21.6. The number of ether oxygens (including phenoxy) is 1. The molecule has 1 fully saturated rings. The number of unbranched alkanes of at least 4 members (excludes halogenated alkanes) is 1. The molecule has 2 aliphatic rings. The predicted molar refractivity (Wildman–Crippen MR) is 141 cm³/mol. The fraction of sp³-hybridized carbons (Fsp3) is 0.423. The topological polar surface area (TPSA) is 107 Å². The van der Waals surface area contributed by atoms with Crippen LogP contribution in [0.5, 0.6) is 5.75 Å². The molecule has 3 atom stereocenters. The number of hydrogen-bond acceptors (Lipinski definition) is 7. The molecule has 3 unspecified atom stereocenters. The van der Waals surface area contributed by atoms with Gasteiger partial charge >= 0.3 is 0 Å². The highest BCUT2D eigenvalue weighted by Gasteiger charge is 2.40. The van der Waals surface area contributed by atoms with Crippen molar-refractivity contribution in [3.8, 4) is 5.75 Å². The number of nitrogens with one attached hydrogen (secondary N) is 4. The zero-order chi connectivity index (χ0) is 25.7. The van der Waals surface area contributed by atoms with Gasteiger partial charge in [-0.05, 0) is 50.1 Å². The number of carbonyl (C=O) groups excluding carboxylic acids is 2. The van der Waals surface area contributed by atoms with Crippen molar-refractivity contribution < 1.29 is 14.3 Å². The molecule has 0 spiro atoms. The molecule has 192 valence electrons. The van der Waals surface area contributed by atoms with Gasteiger partial charge < -0.3 is 20.3 Å². The summed E-state index contributed by atoms with van der Waals surface area (Å²) < 4.78 is 5.53. The lowest BCUT2D eigenvalue weighted by Crippen LogP contribution is -2.47. The summed E-state index contributed by atoms with van der Waals surface area (Å²) in [5.74, 6) is 0.621. The molecular weight excluding hydrogens is 480 g/mol. The lowest BCUT2D eigenvalue weighted by Gasteiger charge is -2.31. The SMILES string of the molecule is COc1ccc2c(c1)C(c1ccc(Cl)cc1)=NC(CC(=O)NCCCCNC(C)=O)C1NNC(C)N21. The van der Waals surface area contributed by atoms with Gasteiger partial charge in [-0.1, -0.05) is 23.7 Å². The molecule has 4 N–H and O–H groups in total. The van der Waals surface area contributed by atoms with Gasteiger partial charge in [-0.25, -0.2) is 10.9 Å². The fourth-order valence-electron chi connectivity index (χ4n) is 4.59. The molecule has 2 aromatic carbocycles. The van der Waals surface area contributed by atoms with Crippen molar-refractivity contribution in [2.45, 2.75) is 51.5 Å². The van der Waals surface area contributed by atoms with E-state index in [1.807, 2.05) is 42.5 Å². The van der Waals surface area contributed by atoms with E-state index in [9.17, 15) is 9.59 Å². The number of aliphatic imine (C=N–C) groups is 1. The van der Waals surface area contributed by atoms with Gasteiger partial charge in [0, 0.05) is 41.9 Å². The molecule has 0 bridgehead atoms. The number of benzene rings is 2. The van der Waals surface area contributed by atoms with Crippen molar-refractivity contribution in [1.82, 2.24) is 21.5 Å². The fourth-order valence-corrected chi connectivity index (χ4v) is 4.71. The third kappa shape index (κ3) is 5.98. The minimum Gasteiger partial charge on any atom is -0.497 e. The number of hydrazine groups is 1. The normalized spacial score (nSPS) is 20.6. The largest absolute Gasteiger partial charge is 0.497 e. The third-order valence-electron chi connectivity index (χ3n) is 6.37. The van der Waals surface area contributed by atoms with Gasteiger partial charge in [0.1, 0.15) is 11.9 Å². The van der Waals surface area contributed by atoms with Crippen molar-refractivity contribution in [2.75, 3.05) is 25.1 Å². The van der Waals surface area contributed by atoms with Crippen molar-refractivity contribution in [3.63, 3.8) is 0 Å². The van der Waals surface area contributed by atoms with Gasteiger partial charge in [0.15, 0.2) is 0 Å². The van der Waals surface area contributed by atoms with Gasteiger partial charge in [0.25, 0.3) is 0 Å². The van der Waals surface area contributed by atoms with Crippen molar-refractivity contribution in [3.05, 3.63) is 58.6 Å². The van der Waals surface area contributed by atoms with Crippen LogP contribution >= 0.6 is 11.6 Å². The predicted octanol–water partition coefficient (Wildman–Crippen LogP) is 2.58. The van der Waals surface area contributed by atoms with Crippen LogP contribution in [0.15, 0.2) is 47.5 Å². The van der Waals surface area contributed by atoms with Crippen LogP contribution in [0.2, 0.25) is 5.02 Å². The van der Waals surface area contributed by atoms with Crippen LogP contribution in [0.4, 0.5) is 5.69 Å². The summed E-state index contributed by atoms with van der Waals surface area (Å²) in [6.07, 6.45) is 1.58. The van der Waals surface area contributed by atoms with E-state index in [0.29, 0.717) is 18.1 Å². The lowest BCUT2D eigenvalue weighted by molar-refractivity contribution is -0.121. The number of hydrogen-bond donors (Lipinski definition) is 4. The second kappa shape index (κ2) is 11.7. The summed E-state index contributed by atoms with van der Waals surface area (Å²) in [7, 11) is 1.64. The van der Waals surface area contributed by atoms with Crippen LogP contribution in [-0.2, 0) is 9.59 Å². The summed E-state index contributed by atoms with van der Waals surface area (Å²) in [4.78, 5) is 31.3. The lowest BCUT2D eigenvalue weighted by atomic mass is 9.99. The summed E-state index contributed by atoms with van der Waals surface area (Å²) >= 11 is 6.16. The highest BCUT2D eigenvalue weighted by atomic mass is 35.5. The molecule has 0 radical (unpaired) electrons. The first-order chi connectivity index (χ1) is 17.4. The maximum absolute atomic E-state index is 12.9. The average molecular weight is 513 g/mol.